The summed E-state index contributed by atoms with van der Waals surface area (Å²) in [6.07, 6.45) is 1.98. The SMILES string of the molecule is [2H]C([2H])([2H])[N+](C)([O-])CCC=C1c2ccccc2COc2ccc(CC(=O)O)cc21. The quantitative estimate of drug-likeness (QED) is 0.656. The Morgan fingerprint density at radius 1 is 1.35 bits per heavy atom. The van der Waals surface area contributed by atoms with Crippen molar-refractivity contribution < 1.29 is 23.4 Å². The van der Waals surface area contributed by atoms with Gasteiger partial charge in [-0.25, -0.2) is 0 Å². The van der Waals surface area contributed by atoms with Gasteiger partial charge in [-0.1, -0.05) is 36.4 Å². The van der Waals surface area contributed by atoms with E-state index in [-0.39, 0.29) is 19.4 Å². The summed E-state index contributed by atoms with van der Waals surface area (Å²) in [5.74, 6) is -0.306. The molecule has 136 valence electrons. The minimum Gasteiger partial charge on any atom is -0.633 e. The second-order valence-corrected chi connectivity index (χ2v) is 6.58. The molecule has 0 fully saturated rings. The molecule has 0 bridgehead atoms. The Morgan fingerprint density at radius 3 is 2.92 bits per heavy atom. The van der Waals surface area contributed by atoms with E-state index in [4.69, 9.17) is 14.0 Å². The summed E-state index contributed by atoms with van der Waals surface area (Å²) in [4.78, 5) is 11.1. The van der Waals surface area contributed by atoms with Gasteiger partial charge in [0, 0.05) is 12.0 Å². The fraction of sp³-hybridized carbons (Fsp3) is 0.286. The summed E-state index contributed by atoms with van der Waals surface area (Å²) in [6.45, 7) is -2.38. The molecule has 0 spiro atoms. The van der Waals surface area contributed by atoms with Crippen molar-refractivity contribution >= 4 is 11.5 Å². The van der Waals surface area contributed by atoms with Crippen molar-refractivity contribution in [2.75, 3.05) is 20.6 Å². The van der Waals surface area contributed by atoms with Crippen molar-refractivity contribution in [1.29, 1.82) is 0 Å². The Hall–Kier alpha value is -2.63. The van der Waals surface area contributed by atoms with Crippen LogP contribution in [0.3, 0.4) is 0 Å². The zero-order valence-electron chi connectivity index (χ0n) is 17.6. The monoisotopic (exact) mass is 356 g/mol. The van der Waals surface area contributed by atoms with Gasteiger partial charge >= 0.3 is 5.97 Å². The highest BCUT2D eigenvalue weighted by Gasteiger charge is 2.20. The van der Waals surface area contributed by atoms with Crippen LogP contribution in [0.15, 0.2) is 48.5 Å². The Kier molecular flexibility index (Phi) is 4.09. The van der Waals surface area contributed by atoms with Gasteiger partial charge in [-0.05, 0) is 34.4 Å². The molecule has 0 saturated carbocycles. The molecule has 26 heavy (non-hydrogen) atoms. The maximum Gasteiger partial charge on any atom is 0.307 e. The number of quaternary nitrogens is 1. The fourth-order valence-electron chi connectivity index (χ4n) is 3.08. The van der Waals surface area contributed by atoms with E-state index < -0.39 is 17.6 Å². The first-order valence-corrected chi connectivity index (χ1v) is 8.41. The molecule has 2 aromatic carbocycles. The molecule has 2 aromatic rings. The smallest absolute Gasteiger partial charge is 0.307 e. The van der Waals surface area contributed by atoms with Gasteiger partial charge < -0.3 is 19.7 Å². The van der Waals surface area contributed by atoms with E-state index in [0.717, 1.165) is 29.3 Å². The topological polar surface area (TPSA) is 69.6 Å². The number of ether oxygens (including phenoxy) is 1. The lowest BCUT2D eigenvalue weighted by Crippen LogP contribution is -2.32. The van der Waals surface area contributed by atoms with Crippen molar-refractivity contribution in [3.05, 3.63) is 76.0 Å². The van der Waals surface area contributed by atoms with E-state index in [2.05, 4.69) is 0 Å². The van der Waals surface area contributed by atoms with Crippen molar-refractivity contribution in [3.63, 3.8) is 0 Å². The molecule has 5 heteroatoms. The van der Waals surface area contributed by atoms with Crippen LogP contribution < -0.4 is 4.74 Å². The van der Waals surface area contributed by atoms with Crippen molar-refractivity contribution in [2.24, 2.45) is 0 Å². The lowest BCUT2D eigenvalue weighted by molar-refractivity contribution is -0.839. The molecule has 0 saturated heterocycles. The number of hydrogen-bond acceptors (Lipinski definition) is 3. The van der Waals surface area contributed by atoms with Crippen LogP contribution in [0, 0.1) is 5.21 Å². The van der Waals surface area contributed by atoms with Gasteiger partial charge in [0.15, 0.2) is 0 Å². The second kappa shape index (κ2) is 7.32. The summed E-state index contributed by atoms with van der Waals surface area (Å²) in [5, 5.41) is 21.5. The minimum absolute atomic E-state index is 0.104. The van der Waals surface area contributed by atoms with E-state index in [9.17, 15) is 10.0 Å². The standard InChI is InChI=1S/C21H23NO4/c1-22(2,25)11-5-8-18-17-7-4-3-6-16(17)14-26-20-10-9-15(12-19(18)20)13-21(23)24/h3-4,6-10,12H,5,11,13-14H2,1-2H3,(H,23,24)/i1D3. The summed E-state index contributed by atoms with van der Waals surface area (Å²) in [6, 6.07) is 13.0. The molecule has 1 heterocycles. The fourth-order valence-corrected chi connectivity index (χ4v) is 3.08. The highest BCUT2D eigenvalue weighted by Crippen LogP contribution is 2.37. The number of nitrogens with zero attached hydrogens (tertiary/aromatic N) is 1. The molecule has 1 N–H and O–H groups in total. The highest BCUT2D eigenvalue weighted by molar-refractivity contribution is 5.85. The van der Waals surface area contributed by atoms with Gasteiger partial charge in [-0.15, -0.1) is 0 Å². The summed E-state index contributed by atoms with van der Waals surface area (Å²) < 4.78 is 26.8. The van der Waals surface area contributed by atoms with Crippen LogP contribution in [0.4, 0.5) is 0 Å². The van der Waals surface area contributed by atoms with Crippen LogP contribution in [0.2, 0.25) is 0 Å². The Morgan fingerprint density at radius 2 is 2.15 bits per heavy atom. The van der Waals surface area contributed by atoms with Crippen LogP contribution in [-0.4, -0.2) is 36.3 Å². The zero-order valence-corrected chi connectivity index (χ0v) is 14.6. The maximum absolute atomic E-state index is 12.4. The predicted molar refractivity (Wildman–Crippen MR) is 101 cm³/mol. The number of rotatable bonds is 5. The van der Waals surface area contributed by atoms with Gasteiger partial charge in [0.25, 0.3) is 0 Å². The van der Waals surface area contributed by atoms with Crippen LogP contribution in [0.1, 0.15) is 32.8 Å². The lowest BCUT2D eigenvalue weighted by atomic mass is 9.92. The molecule has 1 unspecified atom stereocenters. The first kappa shape index (κ1) is 14.5. The van der Waals surface area contributed by atoms with E-state index in [1.165, 1.54) is 0 Å². The average molecular weight is 356 g/mol. The second-order valence-electron chi connectivity index (χ2n) is 6.58. The van der Waals surface area contributed by atoms with Gasteiger partial charge in [-0.3, -0.25) is 4.79 Å². The van der Waals surface area contributed by atoms with Gasteiger partial charge in [0.1, 0.15) is 12.4 Å². The average Bonchev–Trinajstić information content (AvgIpc) is 2.77. The molecule has 1 aliphatic rings. The van der Waals surface area contributed by atoms with E-state index in [1.54, 1.807) is 18.2 Å². The number of aliphatic carboxylic acids is 1. The van der Waals surface area contributed by atoms with Crippen molar-refractivity contribution in [3.8, 4) is 5.75 Å². The third-order valence-electron chi connectivity index (χ3n) is 4.28. The van der Waals surface area contributed by atoms with E-state index >= 15 is 0 Å². The van der Waals surface area contributed by atoms with Crippen LogP contribution in [0.25, 0.3) is 5.57 Å². The number of hydrogen-bond donors (Lipinski definition) is 1. The van der Waals surface area contributed by atoms with E-state index in [0.29, 0.717) is 17.9 Å². The van der Waals surface area contributed by atoms with Crippen molar-refractivity contribution in [2.45, 2.75) is 19.4 Å². The number of carboxylic acid groups (broad SMARTS) is 1. The van der Waals surface area contributed by atoms with E-state index in [1.807, 2.05) is 30.3 Å². The molecule has 1 atom stereocenters. The Labute approximate surface area is 157 Å². The third kappa shape index (κ3) is 4.31. The number of fused-ring (bicyclic) bond motifs is 2. The number of hydroxylamine groups is 3. The molecule has 5 nitrogen and oxygen atoms in total. The number of carboxylic acids is 1. The lowest BCUT2D eigenvalue weighted by Gasteiger charge is -2.33. The van der Waals surface area contributed by atoms with Gasteiger partial charge in [-0.2, -0.15) is 0 Å². The Balaban J connectivity index is 2.03. The Bertz CT molecular complexity index is 951. The molecule has 0 aromatic heterocycles. The molecule has 0 radical (unpaired) electrons. The minimum atomic E-state index is -2.64. The molecule has 0 aliphatic carbocycles. The summed E-state index contributed by atoms with van der Waals surface area (Å²) >= 11 is 0. The molecular formula is C21H23NO4. The van der Waals surface area contributed by atoms with Crippen LogP contribution in [-0.2, 0) is 17.8 Å². The molecule has 0 amide bonds. The first-order chi connectivity index (χ1) is 13.6. The number of carbonyl (C=O) groups is 1. The first-order valence-electron chi connectivity index (χ1n) is 9.91. The van der Waals surface area contributed by atoms with Gasteiger partial charge in [0.05, 0.1) is 31.1 Å². The van der Waals surface area contributed by atoms with Crippen LogP contribution >= 0.6 is 0 Å². The van der Waals surface area contributed by atoms with Crippen LogP contribution in [0.5, 0.6) is 5.75 Å². The van der Waals surface area contributed by atoms with Crippen molar-refractivity contribution in [1.82, 2.24) is 0 Å². The number of benzene rings is 2. The predicted octanol–water partition coefficient (Wildman–Crippen LogP) is 3.60. The zero-order chi connectivity index (χ0) is 21.2. The molecule has 1 aliphatic heterocycles. The van der Waals surface area contributed by atoms with Gasteiger partial charge in [0.2, 0.25) is 0 Å². The maximum atomic E-state index is 12.4. The molecular weight excluding hydrogens is 330 g/mol. The third-order valence-corrected chi connectivity index (χ3v) is 4.28. The normalized spacial score (nSPS) is 19.0. The largest absolute Gasteiger partial charge is 0.633 e. The molecule has 3 rings (SSSR count). The summed E-state index contributed by atoms with van der Waals surface area (Å²) in [5.41, 5.74) is 4.07. The summed E-state index contributed by atoms with van der Waals surface area (Å²) in [7, 11) is 1.15. The highest BCUT2D eigenvalue weighted by atomic mass is 16.5.